The lowest BCUT2D eigenvalue weighted by molar-refractivity contribution is 0.0885. The van der Waals surface area contributed by atoms with Crippen LogP contribution in [0.4, 0.5) is 5.82 Å². The molecule has 0 atom stereocenters. The van der Waals surface area contributed by atoms with Crippen molar-refractivity contribution in [3.05, 3.63) is 36.1 Å². The summed E-state index contributed by atoms with van der Waals surface area (Å²) < 4.78 is 13.2. The minimum absolute atomic E-state index is 0.475. The van der Waals surface area contributed by atoms with Crippen molar-refractivity contribution < 1.29 is 9.47 Å². The Morgan fingerprint density at radius 3 is 2.59 bits per heavy atom. The molecule has 0 saturated heterocycles. The number of nitrogens with zero attached hydrogens (tertiary/aromatic N) is 2. The first-order valence-corrected chi connectivity index (χ1v) is 11.2. The summed E-state index contributed by atoms with van der Waals surface area (Å²) in [7, 11) is 0.586. The van der Waals surface area contributed by atoms with E-state index in [1.54, 1.807) is 13.2 Å². The predicted molar refractivity (Wildman–Crippen MR) is 97.5 cm³/mol. The van der Waals surface area contributed by atoms with Crippen LogP contribution in [-0.4, -0.2) is 33.1 Å². The first kappa shape index (κ1) is 18.5. The fourth-order valence-corrected chi connectivity index (χ4v) is 2.80. The zero-order valence-corrected chi connectivity index (χ0v) is 15.5. The van der Waals surface area contributed by atoms with Crippen molar-refractivity contribution in [2.24, 2.45) is 4.99 Å². The van der Waals surface area contributed by atoms with E-state index in [9.17, 15) is 0 Å². The fourth-order valence-electron chi connectivity index (χ4n) is 2.04. The van der Waals surface area contributed by atoms with Gasteiger partial charge in [-0.15, -0.1) is 0 Å². The number of hydrogen-bond acceptors (Lipinski definition) is 3. The van der Waals surface area contributed by atoms with Crippen LogP contribution in [0.15, 0.2) is 35.5 Å². The van der Waals surface area contributed by atoms with Crippen LogP contribution < -0.4 is 0 Å². The average Bonchev–Trinajstić information content (AvgIpc) is 2.86. The van der Waals surface area contributed by atoms with Crippen LogP contribution in [0, 0.1) is 0 Å². The van der Waals surface area contributed by atoms with Crippen molar-refractivity contribution in [2.75, 3.05) is 13.7 Å². The van der Waals surface area contributed by atoms with Crippen LogP contribution in [0.5, 0.6) is 0 Å². The van der Waals surface area contributed by atoms with Gasteiger partial charge < -0.3 is 14.0 Å². The van der Waals surface area contributed by atoms with Crippen LogP contribution >= 0.6 is 0 Å². The lowest BCUT2D eigenvalue weighted by Gasteiger charge is -2.16. The molecule has 0 saturated carbocycles. The van der Waals surface area contributed by atoms with Gasteiger partial charge in [-0.2, -0.15) is 0 Å². The van der Waals surface area contributed by atoms with Crippen LogP contribution in [-0.2, 0) is 16.2 Å². The second kappa shape index (κ2) is 8.15. The SMILES string of the molecule is C=C/C(C)=C(\OC)c1ccn(COCC[Si](C)(C)C)c1N=C. The molecule has 0 amide bonds. The van der Waals surface area contributed by atoms with Gasteiger partial charge in [-0.25, -0.2) is 4.99 Å². The second-order valence-corrected chi connectivity index (χ2v) is 12.1. The molecule has 0 bridgehead atoms. The predicted octanol–water partition coefficient (Wildman–Crippen LogP) is 4.70. The van der Waals surface area contributed by atoms with Crippen LogP contribution in [0.3, 0.4) is 0 Å². The smallest absolute Gasteiger partial charge is 0.144 e. The Morgan fingerprint density at radius 2 is 2.09 bits per heavy atom. The van der Waals surface area contributed by atoms with E-state index >= 15 is 0 Å². The molecule has 1 aromatic rings. The molecule has 0 N–H and O–H groups in total. The monoisotopic (exact) mass is 320 g/mol. The summed E-state index contributed by atoms with van der Waals surface area (Å²) in [5, 5.41) is 0. The zero-order chi connectivity index (χ0) is 16.8. The molecule has 0 aliphatic heterocycles. The minimum Gasteiger partial charge on any atom is -0.496 e. The third-order valence-corrected chi connectivity index (χ3v) is 5.13. The maximum Gasteiger partial charge on any atom is 0.144 e. The summed E-state index contributed by atoms with van der Waals surface area (Å²) in [4.78, 5) is 4.14. The number of rotatable bonds is 9. The highest BCUT2D eigenvalue weighted by atomic mass is 28.3. The summed E-state index contributed by atoms with van der Waals surface area (Å²) in [5.41, 5.74) is 1.87. The van der Waals surface area contributed by atoms with E-state index in [0.29, 0.717) is 6.73 Å². The van der Waals surface area contributed by atoms with Gasteiger partial charge in [-0.3, -0.25) is 0 Å². The Morgan fingerprint density at radius 1 is 1.41 bits per heavy atom. The zero-order valence-electron chi connectivity index (χ0n) is 14.5. The van der Waals surface area contributed by atoms with Crippen molar-refractivity contribution in [2.45, 2.75) is 39.3 Å². The lowest BCUT2D eigenvalue weighted by atomic mass is 10.1. The van der Waals surface area contributed by atoms with Crippen molar-refractivity contribution >= 4 is 26.4 Å². The molecular weight excluding hydrogens is 292 g/mol. The maximum absolute atomic E-state index is 5.78. The van der Waals surface area contributed by atoms with Crippen molar-refractivity contribution in [1.82, 2.24) is 4.57 Å². The van der Waals surface area contributed by atoms with Gasteiger partial charge in [-0.1, -0.05) is 32.3 Å². The Labute approximate surface area is 135 Å². The molecule has 1 rings (SSSR count). The molecule has 22 heavy (non-hydrogen) atoms. The molecular formula is C17H28N2O2Si. The van der Waals surface area contributed by atoms with Crippen LogP contribution in [0.1, 0.15) is 12.5 Å². The highest BCUT2D eigenvalue weighted by molar-refractivity contribution is 6.76. The van der Waals surface area contributed by atoms with Crippen LogP contribution in [0.2, 0.25) is 25.7 Å². The van der Waals surface area contributed by atoms with Crippen molar-refractivity contribution in [1.29, 1.82) is 0 Å². The first-order valence-electron chi connectivity index (χ1n) is 7.45. The van der Waals surface area contributed by atoms with Gasteiger partial charge in [0.1, 0.15) is 18.3 Å². The summed E-state index contributed by atoms with van der Waals surface area (Å²) in [6.45, 7) is 17.7. The molecule has 0 unspecified atom stereocenters. The molecule has 5 heteroatoms. The number of hydrogen-bond donors (Lipinski definition) is 0. The summed E-state index contributed by atoms with van der Waals surface area (Å²) in [6.07, 6.45) is 3.72. The van der Waals surface area contributed by atoms with E-state index < -0.39 is 8.07 Å². The van der Waals surface area contributed by atoms with E-state index in [1.165, 1.54) is 0 Å². The molecule has 1 heterocycles. The molecule has 0 aliphatic rings. The first-order chi connectivity index (χ1) is 10.3. The average molecular weight is 321 g/mol. The number of aliphatic imine (C=N–C) groups is 1. The molecule has 122 valence electrons. The Kier molecular flexibility index (Phi) is 6.84. The van der Waals surface area contributed by atoms with Gasteiger partial charge in [0, 0.05) is 20.9 Å². The Hall–Kier alpha value is -1.59. The summed E-state index contributed by atoms with van der Waals surface area (Å²) in [5.74, 6) is 1.52. The maximum atomic E-state index is 5.78. The minimum atomic E-state index is -1.06. The largest absolute Gasteiger partial charge is 0.496 e. The number of allylic oxidation sites excluding steroid dienone is 2. The molecule has 4 nitrogen and oxygen atoms in total. The number of aromatic nitrogens is 1. The molecule has 0 spiro atoms. The van der Waals surface area contributed by atoms with E-state index in [1.807, 2.05) is 23.8 Å². The highest BCUT2D eigenvalue weighted by Gasteiger charge is 2.15. The Bertz CT molecular complexity index is 553. The van der Waals surface area contributed by atoms with Crippen LogP contribution in [0.25, 0.3) is 5.76 Å². The third kappa shape index (κ3) is 5.00. The standard InChI is InChI=1S/C17H28N2O2Si/c1-8-14(2)16(20-4)15-9-10-19(17(15)18-3)13-21-11-12-22(5,6)7/h8-10H,1,3,11-13H2,2,4-7H3/b16-14-. The summed E-state index contributed by atoms with van der Waals surface area (Å²) >= 11 is 0. The second-order valence-electron chi connectivity index (χ2n) is 6.45. The van der Waals surface area contributed by atoms with E-state index in [4.69, 9.17) is 9.47 Å². The van der Waals surface area contributed by atoms with Gasteiger partial charge in [-0.05, 0) is 31.3 Å². The van der Waals surface area contributed by atoms with Gasteiger partial charge in [0.2, 0.25) is 0 Å². The normalized spacial score (nSPS) is 12.8. The van der Waals surface area contributed by atoms with Crippen molar-refractivity contribution in [3.63, 3.8) is 0 Å². The molecule has 0 aromatic carbocycles. The van der Waals surface area contributed by atoms with Gasteiger partial charge in [0.15, 0.2) is 0 Å². The molecule has 0 radical (unpaired) electrons. The van der Waals surface area contributed by atoms with E-state index in [2.05, 4.69) is 37.9 Å². The lowest BCUT2D eigenvalue weighted by Crippen LogP contribution is -2.21. The van der Waals surface area contributed by atoms with Gasteiger partial charge in [0.05, 0.1) is 12.7 Å². The fraction of sp³-hybridized carbons (Fsp3) is 0.471. The number of methoxy groups -OCH3 is 1. The molecule has 1 aromatic heterocycles. The molecule has 0 aliphatic carbocycles. The highest BCUT2D eigenvalue weighted by Crippen LogP contribution is 2.30. The van der Waals surface area contributed by atoms with E-state index in [-0.39, 0.29) is 0 Å². The van der Waals surface area contributed by atoms with Crippen molar-refractivity contribution in [3.8, 4) is 0 Å². The number of ether oxygens (including phenoxy) is 2. The van der Waals surface area contributed by atoms with Gasteiger partial charge in [0.25, 0.3) is 0 Å². The third-order valence-electron chi connectivity index (χ3n) is 3.42. The van der Waals surface area contributed by atoms with E-state index in [0.717, 1.165) is 35.4 Å². The molecule has 0 fully saturated rings. The van der Waals surface area contributed by atoms with Gasteiger partial charge >= 0.3 is 0 Å². The quantitative estimate of drug-likeness (QED) is 0.217. The Balaban J connectivity index is 2.88. The topological polar surface area (TPSA) is 35.8 Å². The summed E-state index contributed by atoms with van der Waals surface area (Å²) in [6, 6.07) is 3.12.